The Bertz CT molecular complexity index is 723. The molecule has 7 heteroatoms. The van der Waals surface area contributed by atoms with E-state index in [2.05, 4.69) is 21.6 Å². The molecule has 0 bridgehead atoms. The maximum atomic E-state index is 12.3. The highest BCUT2D eigenvalue weighted by Gasteiger charge is 2.44. The first-order chi connectivity index (χ1) is 11.8. The average Bonchev–Trinajstić information content (AvgIpc) is 3.13. The first-order valence-electron chi connectivity index (χ1n) is 8.57. The van der Waals surface area contributed by atoms with Gasteiger partial charge in [0.15, 0.2) is 0 Å². The summed E-state index contributed by atoms with van der Waals surface area (Å²) in [7, 11) is 0. The molecule has 0 saturated carbocycles. The summed E-state index contributed by atoms with van der Waals surface area (Å²) in [5.41, 5.74) is 1.84. The lowest BCUT2D eigenvalue weighted by atomic mass is 10.1. The third kappa shape index (κ3) is 3.45. The van der Waals surface area contributed by atoms with E-state index >= 15 is 0 Å². The Labute approximate surface area is 147 Å². The van der Waals surface area contributed by atoms with Crippen LogP contribution in [-0.4, -0.2) is 47.9 Å². The number of amides is 4. The van der Waals surface area contributed by atoms with Gasteiger partial charge >= 0.3 is 6.03 Å². The van der Waals surface area contributed by atoms with Gasteiger partial charge in [0.05, 0.1) is 0 Å². The molecule has 1 aromatic carbocycles. The second-order valence-corrected chi connectivity index (χ2v) is 7.19. The van der Waals surface area contributed by atoms with E-state index in [1.807, 2.05) is 19.1 Å². The number of imide groups is 1. The molecule has 3 rings (SSSR count). The maximum Gasteiger partial charge on any atom is 0.325 e. The Hall–Kier alpha value is -2.57. The molecule has 0 radical (unpaired) electrons. The van der Waals surface area contributed by atoms with Crippen molar-refractivity contribution in [2.24, 2.45) is 0 Å². The molecule has 0 atom stereocenters. The van der Waals surface area contributed by atoms with Crippen LogP contribution in [0.4, 0.5) is 16.2 Å². The van der Waals surface area contributed by atoms with Gasteiger partial charge in [-0.25, -0.2) is 4.79 Å². The lowest BCUT2D eigenvalue weighted by Crippen LogP contribution is -2.41. The van der Waals surface area contributed by atoms with E-state index in [-0.39, 0.29) is 6.54 Å². The van der Waals surface area contributed by atoms with E-state index in [1.165, 1.54) is 12.8 Å². The standard InChI is InChI=1S/C18H24N4O3/c1-12-10-13(21-8-4-5-9-21)6-7-14(12)19-15(23)11-22-16(24)18(2,3)20-17(22)25/h6-7,10H,4-5,8-9,11H2,1-3H3,(H,19,23)(H,20,25). The minimum atomic E-state index is -0.968. The molecule has 2 saturated heterocycles. The van der Waals surface area contributed by atoms with Crippen LogP contribution in [0.2, 0.25) is 0 Å². The molecule has 2 aliphatic rings. The van der Waals surface area contributed by atoms with Crippen molar-refractivity contribution < 1.29 is 14.4 Å². The highest BCUT2D eigenvalue weighted by molar-refractivity contribution is 6.09. The van der Waals surface area contributed by atoms with Gasteiger partial charge in [0.2, 0.25) is 5.91 Å². The van der Waals surface area contributed by atoms with Crippen molar-refractivity contribution in [2.75, 3.05) is 29.9 Å². The van der Waals surface area contributed by atoms with E-state index in [9.17, 15) is 14.4 Å². The molecule has 25 heavy (non-hydrogen) atoms. The smallest absolute Gasteiger partial charge is 0.325 e. The second kappa shape index (κ2) is 6.38. The highest BCUT2D eigenvalue weighted by Crippen LogP contribution is 2.25. The van der Waals surface area contributed by atoms with Crippen LogP contribution in [-0.2, 0) is 9.59 Å². The molecule has 0 aliphatic carbocycles. The predicted molar refractivity (Wildman–Crippen MR) is 95.6 cm³/mol. The van der Waals surface area contributed by atoms with Gasteiger partial charge in [-0.3, -0.25) is 14.5 Å². The van der Waals surface area contributed by atoms with E-state index in [4.69, 9.17) is 0 Å². The van der Waals surface area contributed by atoms with Crippen molar-refractivity contribution in [3.63, 3.8) is 0 Å². The fourth-order valence-electron chi connectivity index (χ4n) is 3.25. The summed E-state index contributed by atoms with van der Waals surface area (Å²) in [6.07, 6.45) is 2.42. The van der Waals surface area contributed by atoms with Gasteiger partial charge in [0.25, 0.3) is 5.91 Å². The van der Waals surface area contributed by atoms with Crippen molar-refractivity contribution in [1.82, 2.24) is 10.2 Å². The normalized spacial score (nSPS) is 19.3. The van der Waals surface area contributed by atoms with Gasteiger partial charge in [0, 0.05) is 24.5 Å². The minimum Gasteiger partial charge on any atom is -0.372 e. The Kier molecular flexibility index (Phi) is 4.41. The molecule has 2 N–H and O–H groups in total. The van der Waals surface area contributed by atoms with Gasteiger partial charge in [0.1, 0.15) is 12.1 Å². The van der Waals surface area contributed by atoms with Crippen LogP contribution in [0.25, 0.3) is 0 Å². The fourth-order valence-corrected chi connectivity index (χ4v) is 3.25. The number of nitrogens with one attached hydrogen (secondary N) is 2. The topological polar surface area (TPSA) is 81.8 Å². The monoisotopic (exact) mass is 344 g/mol. The van der Waals surface area contributed by atoms with Crippen LogP contribution in [0.5, 0.6) is 0 Å². The van der Waals surface area contributed by atoms with Crippen molar-refractivity contribution in [2.45, 2.75) is 39.2 Å². The first kappa shape index (κ1) is 17.3. The molecule has 134 valence electrons. The molecule has 0 unspecified atom stereocenters. The number of anilines is 2. The summed E-state index contributed by atoms with van der Waals surface area (Å²) < 4.78 is 0. The number of carbonyl (C=O) groups is 3. The summed E-state index contributed by atoms with van der Waals surface area (Å²) >= 11 is 0. The zero-order valence-electron chi connectivity index (χ0n) is 14.9. The lowest BCUT2D eigenvalue weighted by Gasteiger charge is -2.20. The summed E-state index contributed by atoms with van der Waals surface area (Å²) in [5, 5.41) is 5.36. The average molecular weight is 344 g/mol. The van der Waals surface area contributed by atoms with Gasteiger partial charge in [-0.1, -0.05) is 0 Å². The van der Waals surface area contributed by atoms with Crippen LogP contribution in [0, 0.1) is 6.92 Å². The van der Waals surface area contributed by atoms with Crippen LogP contribution >= 0.6 is 0 Å². The quantitative estimate of drug-likeness (QED) is 0.817. The third-order valence-corrected chi connectivity index (χ3v) is 4.70. The number of benzene rings is 1. The Morgan fingerprint density at radius 2 is 1.92 bits per heavy atom. The molecular weight excluding hydrogens is 320 g/mol. The fraction of sp³-hybridized carbons (Fsp3) is 0.500. The Morgan fingerprint density at radius 3 is 2.48 bits per heavy atom. The number of hydrogen-bond acceptors (Lipinski definition) is 4. The summed E-state index contributed by atoms with van der Waals surface area (Å²) in [6.45, 7) is 7.01. The van der Waals surface area contributed by atoms with E-state index in [0.29, 0.717) is 5.69 Å². The molecule has 7 nitrogen and oxygen atoms in total. The van der Waals surface area contributed by atoms with Crippen molar-refractivity contribution in [1.29, 1.82) is 0 Å². The van der Waals surface area contributed by atoms with Crippen LogP contribution in [0.1, 0.15) is 32.3 Å². The molecule has 2 aliphatic heterocycles. The third-order valence-electron chi connectivity index (χ3n) is 4.70. The van der Waals surface area contributed by atoms with Crippen molar-refractivity contribution >= 4 is 29.2 Å². The Morgan fingerprint density at radius 1 is 1.24 bits per heavy atom. The number of aryl methyl sites for hydroxylation is 1. The van der Waals surface area contributed by atoms with Gasteiger partial charge in [-0.2, -0.15) is 0 Å². The van der Waals surface area contributed by atoms with Gasteiger partial charge in [-0.15, -0.1) is 0 Å². The molecule has 0 spiro atoms. The number of urea groups is 1. The molecule has 2 fully saturated rings. The number of hydrogen-bond donors (Lipinski definition) is 2. The maximum absolute atomic E-state index is 12.3. The largest absolute Gasteiger partial charge is 0.372 e. The molecule has 1 aromatic rings. The van der Waals surface area contributed by atoms with Gasteiger partial charge < -0.3 is 15.5 Å². The Balaban J connectivity index is 1.65. The zero-order chi connectivity index (χ0) is 18.2. The second-order valence-electron chi connectivity index (χ2n) is 7.19. The van der Waals surface area contributed by atoms with Crippen molar-refractivity contribution in [3.05, 3.63) is 23.8 Å². The zero-order valence-corrected chi connectivity index (χ0v) is 14.9. The summed E-state index contributed by atoms with van der Waals surface area (Å²) in [6, 6.07) is 5.38. The minimum absolute atomic E-state index is 0.290. The SMILES string of the molecule is Cc1cc(N2CCCC2)ccc1NC(=O)CN1C(=O)NC(C)(C)C1=O. The van der Waals surface area contributed by atoms with E-state index in [0.717, 1.165) is 29.2 Å². The number of carbonyl (C=O) groups excluding carboxylic acids is 3. The highest BCUT2D eigenvalue weighted by atomic mass is 16.2. The van der Waals surface area contributed by atoms with Crippen LogP contribution in [0.3, 0.4) is 0 Å². The van der Waals surface area contributed by atoms with Crippen LogP contribution in [0.15, 0.2) is 18.2 Å². The molecular formula is C18H24N4O3. The summed E-state index contributed by atoms with van der Waals surface area (Å²) in [4.78, 5) is 39.5. The van der Waals surface area contributed by atoms with E-state index in [1.54, 1.807) is 13.8 Å². The summed E-state index contributed by atoms with van der Waals surface area (Å²) in [5.74, 6) is -0.785. The van der Waals surface area contributed by atoms with Gasteiger partial charge in [-0.05, 0) is 57.4 Å². The van der Waals surface area contributed by atoms with E-state index < -0.39 is 23.4 Å². The lowest BCUT2D eigenvalue weighted by molar-refractivity contribution is -0.132. The predicted octanol–water partition coefficient (Wildman–Crippen LogP) is 1.86. The molecule has 0 aromatic heterocycles. The molecule has 2 heterocycles. The van der Waals surface area contributed by atoms with Crippen LogP contribution < -0.4 is 15.5 Å². The first-order valence-corrected chi connectivity index (χ1v) is 8.57. The number of nitrogens with zero attached hydrogens (tertiary/aromatic N) is 2. The number of rotatable bonds is 4. The van der Waals surface area contributed by atoms with Crippen molar-refractivity contribution in [3.8, 4) is 0 Å². The molecule has 4 amide bonds.